The Bertz CT molecular complexity index is 295. The number of aromatic nitrogens is 1. The number of hydrogen-bond acceptors (Lipinski definition) is 4. The Morgan fingerprint density at radius 2 is 2.50 bits per heavy atom. The number of rotatable bonds is 6. The van der Waals surface area contributed by atoms with Gasteiger partial charge in [-0.25, -0.2) is 4.98 Å². The smallest absolute Gasteiger partial charge is 0.309 e. The molecule has 1 N–H and O–H groups in total. The fourth-order valence-electron chi connectivity index (χ4n) is 1.07. The number of aryl methyl sites for hydroxylation is 1. The van der Waals surface area contributed by atoms with Crippen LogP contribution in [-0.2, 0) is 22.4 Å². The van der Waals surface area contributed by atoms with E-state index in [0.29, 0.717) is 24.6 Å². The van der Waals surface area contributed by atoms with Crippen molar-refractivity contribution in [3.05, 3.63) is 17.8 Å². The van der Waals surface area contributed by atoms with Gasteiger partial charge in [0.25, 0.3) is 0 Å². The van der Waals surface area contributed by atoms with Gasteiger partial charge in [0.15, 0.2) is 5.89 Å². The van der Waals surface area contributed by atoms with Gasteiger partial charge >= 0.3 is 5.97 Å². The lowest BCUT2D eigenvalue weighted by Gasteiger charge is -1.94. The first-order chi connectivity index (χ1) is 6.72. The van der Waals surface area contributed by atoms with Crippen LogP contribution in [-0.4, -0.2) is 29.8 Å². The highest BCUT2D eigenvalue weighted by Gasteiger charge is 2.06. The number of carboxylic acid groups (broad SMARTS) is 1. The standard InChI is InChI=1S/C9H13NO4/c1-13-4-2-3-8-10-7(6-14-8)5-9(11)12/h6H,2-5H2,1H3,(H,11,12). The molecule has 5 nitrogen and oxygen atoms in total. The summed E-state index contributed by atoms with van der Waals surface area (Å²) in [6.07, 6.45) is 2.79. The number of methoxy groups -OCH3 is 1. The summed E-state index contributed by atoms with van der Waals surface area (Å²) in [5, 5.41) is 8.49. The summed E-state index contributed by atoms with van der Waals surface area (Å²) in [7, 11) is 1.63. The summed E-state index contributed by atoms with van der Waals surface area (Å²) >= 11 is 0. The Labute approximate surface area is 81.7 Å². The number of carboxylic acids is 1. The molecule has 14 heavy (non-hydrogen) atoms. The van der Waals surface area contributed by atoms with Gasteiger partial charge in [-0.3, -0.25) is 4.79 Å². The van der Waals surface area contributed by atoms with Gasteiger partial charge in [-0.1, -0.05) is 0 Å². The number of carbonyl (C=O) groups is 1. The monoisotopic (exact) mass is 199 g/mol. The molecule has 0 saturated heterocycles. The van der Waals surface area contributed by atoms with Crippen molar-refractivity contribution in [1.29, 1.82) is 0 Å². The van der Waals surface area contributed by atoms with Gasteiger partial charge < -0.3 is 14.3 Å². The highest BCUT2D eigenvalue weighted by molar-refractivity contribution is 5.69. The van der Waals surface area contributed by atoms with E-state index in [1.807, 2.05) is 0 Å². The van der Waals surface area contributed by atoms with Crippen molar-refractivity contribution in [2.45, 2.75) is 19.3 Å². The molecule has 0 aliphatic carbocycles. The lowest BCUT2D eigenvalue weighted by atomic mass is 10.3. The second-order valence-corrected chi connectivity index (χ2v) is 2.90. The zero-order chi connectivity index (χ0) is 10.4. The van der Waals surface area contributed by atoms with Crippen LogP contribution in [0.3, 0.4) is 0 Å². The van der Waals surface area contributed by atoms with E-state index in [2.05, 4.69) is 4.98 Å². The molecule has 0 atom stereocenters. The molecule has 0 aromatic carbocycles. The first-order valence-corrected chi connectivity index (χ1v) is 4.36. The number of hydrogen-bond donors (Lipinski definition) is 1. The van der Waals surface area contributed by atoms with Crippen molar-refractivity contribution in [2.75, 3.05) is 13.7 Å². The van der Waals surface area contributed by atoms with E-state index in [1.165, 1.54) is 6.26 Å². The van der Waals surface area contributed by atoms with Crippen LogP contribution in [0.25, 0.3) is 0 Å². The van der Waals surface area contributed by atoms with Gasteiger partial charge in [-0.05, 0) is 6.42 Å². The number of nitrogens with zero attached hydrogens (tertiary/aromatic N) is 1. The fraction of sp³-hybridized carbons (Fsp3) is 0.556. The third kappa shape index (κ3) is 3.57. The average Bonchev–Trinajstić information content (AvgIpc) is 2.52. The molecule has 1 rings (SSSR count). The van der Waals surface area contributed by atoms with Crippen molar-refractivity contribution in [3.8, 4) is 0 Å². The Hall–Kier alpha value is -1.36. The second-order valence-electron chi connectivity index (χ2n) is 2.90. The molecule has 0 saturated carbocycles. The zero-order valence-electron chi connectivity index (χ0n) is 8.02. The van der Waals surface area contributed by atoms with E-state index in [0.717, 1.165) is 6.42 Å². The van der Waals surface area contributed by atoms with Crippen molar-refractivity contribution in [2.24, 2.45) is 0 Å². The molecule has 0 bridgehead atoms. The lowest BCUT2D eigenvalue weighted by Crippen LogP contribution is -2.00. The summed E-state index contributed by atoms with van der Waals surface area (Å²) in [5.74, 6) is -0.333. The molecule has 0 spiro atoms. The van der Waals surface area contributed by atoms with Gasteiger partial charge in [0.2, 0.25) is 0 Å². The second kappa shape index (κ2) is 5.39. The summed E-state index contributed by atoms with van der Waals surface area (Å²) in [5.41, 5.74) is 0.463. The predicted octanol–water partition coefficient (Wildman–Crippen LogP) is 0.881. The maximum Gasteiger partial charge on any atom is 0.309 e. The highest BCUT2D eigenvalue weighted by atomic mass is 16.5. The quantitative estimate of drug-likeness (QED) is 0.688. The molecule has 1 heterocycles. The van der Waals surface area contributed by atoms with Crippen LogP contribution in [0.1, 0.15) is 18.0 Å². The highest BCUT2D eigenvalue weighted by Crippen LogP contribution is 2.05. The maximum absolute atomic E-state index is 10.3. The SMILES string of the molecule is COCCCc1nc(CC(=O)O)co1. The van der Waals surface area contributed by atoms with Crippen molar-refractivity contribution < 1.29 is 19.1 Å². The van der Waals surface area contributed by atoms with Crippen LogP contribution in [0.15, 0.2) is 10.7 Å². The summed E-state index contributed by atoms with van der Waals surface area (Å²) in [6.45, 7) is 0.649. The van der Waals surface area contributed by atoms with E-state index < -0.39 is 5.97 Å². The molecule has 0 unspecified atom stereocenters. The molecular weight excluding hydrogens is 186 g/mol. The van der Waals surface area contributed by atoms with Crippen molar-refractivity contribution in [1.82, 2.24) is 4.98 Å². The van der Waals surface area contributed by atoms with Gasteiger partial charge in [0.05, 0.1) is 12.1 Å². The third-order valence-electron chi connectivity index (χ3n) is 1.67. The van der Waals surface area contributed by atoms with Gasteiger partial charge in [-0.15, -0.1) is 0 Å². The molecule has 0 aliphatic rings. The minimum Gasteiger partial charge on any atom is -0.481 e. The molecule has 1 aromatic heterocycles. The van der Waals surface area contributed by atoms with E-state index in [9.17, 15) is 4.79 Å². The molecule has 5 heteroatoms. The van der Waals surface area contributed by atoms with Gasteiger partial charge in [0, 0.05) is 20.1 Å². The van der Waals surface area contributed by atoms with Crippen LogP contribution >= 0.6 is 0 Å². The van der Waals surface area contributed by atoms with E-state index >= 15 is 0 Å². The van der Waals surface area contributed by atoms with Crippen LogP contribution in [0.5, 0.6) is 0 Å². The fourth-order valence-corrected chi connectivity index (χ4v) is 1.07. The van der Waals surface area contributed by atoms with Gasteiger partial charge in [-0.2, -0.15) is 0 Å². The minimum atomic E-state index is -0.901. The van der Waals surface area contributed by atoms with Crippen molar-refractivity contribution >= 4 is 5.97 Å². The summed E-state index contributed by atoms with van der Waals surface area (Å²) in [4.78, 5) is 14.4. The predicted molar refractivity (Wildman–Crippen MR) is 48.0 cm³/mol. The average molecular weight is 199 g/mol. The Kier molecular flexibility index (Phi) is 4.12. The summed E-state index contributed by atoms with van der Waals surface area (Å²) < 4.78 is 9.95. The molecule has 0 radical (unpaired) electrons. The number of ether oxygens (including phenoxy) is 1. The Balaban J connectivity index is 2.38. The first kappa shape index (κ1) is 10.7. The molecule has 0 amide bonds. The van der Waals surface area contributed by atoms with Crippen LogP contribution in [0.2, 0.25) is 0 Å². The van der Waals surface area contributed by atoms with Crippen LogP contribution < -0.4 is 0 Å². The molecule has 0 fully saturated rings. The molecule has 0 aliphatic heterocycles. The topological polar surface area (TPSA) is 72.6 Å². The van der Waals surface area contributed by atoms with Gasteiger partial charge in [0.1, 0.15) is 6.26 Å². The van der Waals surface area contributed by atoms with Crippen LogP contribution in [0, 0.1) is 0 Å². The van der Waals surface area contributed by atoms with Crippen molar-refractivity contribution in [3.63, 3.8) is 0 Å². The number of aliphatic carboxylic acids is 1. The number of oxazole rings is 1. The Morgan fingerprint density at radius 3 is 3.14 bits per heavy atom. The molecule has 78 valence electrons. The first-order valence-electron chi connectivity index (χ1n) is 4.36. The van der Waals surface area contributed by atoms with E-state index in [1.54, 1.807) is 7.11 Å². The normalized spacial score (nSPS) is 10.4. The van der Waals surface area contributed by atoms with Crippen LogP contribution in [0.4, 0.5) is 0 Å². The zero-order valence-corrected chi connectivity index (χ0v) is 8.02. The Morgan fingerprint density at radius 1 is 1.71 bits per heavy atom. The molecule has 1 aromatic rings. The van der Waals surface area contributed by atoms with E-state index in [-0.39, 0.29) is 6.42 Å². The lowest BCUT2D eigenvalue weighted by molar-refractivity contribution is -0.136. The largest absolute Gasteiger partial charge is 0.481 e. The maximum atomic E-state index is 10.3. The van der Waals surface area contributed by atoms with E-state index in [4.69, 9.17) is 14.3 Å². The molecular formula is C9H13NO4. The minimum absolute atomic E-state index is 0.0895. The third-order valence-corrected chi connectivity index (χ3v) is 1.67. The summed E-state index contributed by atoms with van der Waals surface area (Å²) in [6, 6.07) is 0.